The van der Waals surface area contributed by atoms with E-state index < -0.39 is 0 Å². The summed E-state index contributed by atoms with van der Waals surface area (Å²) in [5.41, 5.74) is 9.30. The molecular formula is C13H17N. The van der Waals surface area contributed by atoms with E-state index in [1.165, 1.54) is 18.4 Å². The number of hydrogen-bond donors (Lipinski definition) is 1. The van der Waals surface area contributed by atoms with Crippen LogP contribution in [0.4, 0.5) is 0 Å². The summed E-state index contributed by atoms with van der Waals surface area (Å²) < 4.78 is 0. The molecule has 1 aromatic carbocycles. The van der Waals surface area contributed by atoms with Gasteiger partial charge in [0.2, 0.25) is 0 Å². The molecule has 0 unspecified atom stereocenters. The maximum Gasteiger partial charge on any atom is 0.0113 e. The van der Waals surface area contributed by atoms with Crippen molar-refractivity contribution in [2.75, 3.05) is 0 Å². The van der Waals surface area contributed by atoms with E-state index in [2.05, 4.69) is 31.2 Å². The second kappa shape index (κ2) is 2.83. The molecule has 14 heavy (non-hydrogen) atoms. The molecule has 4 atom stereocenters. The fourth-order valence-electron chi connectivity index (χ4n) is 3.50. The lowest BCUT2D eigenvalue weighted by molar-refractivity contribution is 0.365. The smallest absolute Gasteiger partial charge is 0.0113 e. The molecule has 1 nitrogen and oxygen atoms in total. The molecule has 2 N–H and O–H groups in total. The Labute approximate surface area is 85.3 Å². The van der Waals surface area contributed by atoms with E-state index in [4.69, 9.17) is 5.73 Å². The predicted octanol–water partition coefficient (Wildman–Crippen LogP) is 2.31. The fraction of sp³-hybridized carbons (Fsp3) is 0.538. The minimum absolute atomic E-state index is 0.402. The van der Waals surface area contributed by atoms with Gasteiger partial charge in [-0.15, -0.1) is 0 Å². The van der Waals surface area contributed by atoms with Gasteiger partial charge in [0.15, 0.2) is 0 Å². The summed E-state index contributed by atoms with van der Waals surface area (Å²) in [5.74, 6) is 2.26. The topological polar surface area (TPSA) is 26.0 Å². The summed E-state index contributed by atoms with van der Waals surface area (Å²) in [6, 6.07) is 9.26. The monoisotopic (exact) mass is 187 g/mol. The van der Waals surface area contributed by atoms with Gasteiger partial charge in [0.1, 0.15) is 0 Å². The molecule has 0 radical (unpaired) electrons. The molecule has 2 bridgehead atoms. The molecule has 2 aliphatic carbocycles. The molecule has 74 valence electrons. The summed E-state index contributed by atoms with van der Waals surface area (Å²) in [4.78, 5) is 0. The van der Waals surface area contributed by atoms with Crippen molar-refractivity contribution in [3.63, 3.8) is 0 Å². The van der Waals surface area contributed by atoms with Gasteiger partial charge < -0.3 is 5.73 Å². The van der Waals surface area contributed by atoms with Crippen molar-refractivity contribution in [1.82, 2.24) is 0 Å². The second-order valence-corrected chi connectivity index (χ2v) is 4.95. The Bertz CT molecular complexity index is 358. The Balaban J connectivity index is 2.13. The van der Waals surface area contributed by atoms with Gasteiger partial charge in [-0.25, -0.2) is 0 Å². The highest BCUT2D eigenvalue weighted by atomic mass is 14.7. The lowest BCUT2D eigenvalue weighted by Gasteiger charge is -2.30. The number of rotatable bonds is 0. The Morgan fingerprint density at radius 3 is 2.93 bits per heavy atom. The molecule has 1 fully saturated rings. The van der Waals surface area contributed by atoms with Gasteiger partial charge in [-0.05, 0) is 35.8 Å². The predicted molar refractivity (Wildman–Crippen MR) is 58.1 cm³/mol. The highest BCUT2D eigenvalue weighted by Crippen LogP contribution is 2.49. The van der Waals surface area contributed by atoms with E-state index in [0.29, 0.717) is 12.0 Å². The maximum absolute atomic E-state index is 6.23. The molecule has 1 heteroatoms. The quantitative estimate of drug-likeness (QED) is 0.662. The van der Waals surface area contributed by atoms with Crippen molar-refractivity contribution in [1.29, 1.82) is 0 Å². The van der Waals surface area contributed by atoms with Crippen LogP contribution in [0.3, 0.4) is 0 Å². The van der Waals surface area contributed by atoms with Crippen LogP contribution in [0.1, 0.15) is 30.4 Å². The van der Waals surface area contributed by atoms with E-state index in [1.807, 2.05) is 0 Å². The van der Waals surface area contributed by atoms with Crippen LogP contribution in [-0.4, -0.2) is 6.04 Å². The standard InChI is InChI=1S/C13H17N/c1-8-10-6-9-4-2-3-5-11(9)13(8)12(14)7-10/h2-5,8,10,12-13H,6-7,14H2,1H3/t8-,10-,12+,13-/m0/s1. The van der Waals surface area contributed by atoms with Gasteiger partial charge in [0.05, 0.1) is 0 Å². The van der Waals surface area contributed by atoms with Crippen LogP contribution in [0.25, 0.3) is 0 Å². The van der Waals surface area contributed by atoms with Crippen molar-refractivity contribution in [2.45, 2.75) is 31.7 Å². The number of fused-ring (bicyclic) bond motifs is 4. The van der Waals surface area contributed by atoms with Gasteiger partial charge in [-0.1, -0.05) is 31.2 Å². The Morgan fingerprint density at radius 2 is 2.07 bits per heavy atom. The molecule has 3 rings (SSSR count). The molecule has 0 amide bonds. The molecule has 0 aromatic heterocycles. The first-order valence-corrected chi connectivity index (χ1v) is 5.61. The zero-order valence-electron chi connectivity index (χ0n) is 8.61. The lowest BCUT2D eigenvalue weighted by Crippen LogP contribution is -2.27. The molecule has 2 aliphatic rings. The zero-order chi connectivity index (χ0) is 9.71. The highest BCUT2D eigenvalue weighted by Gasteiger charge is 2.43. The van der Waals surface area contributed by atoms with Gasteiger partial charge in [-0.2, -0.15) is 0 Å². The molecule has 0 heterocycles. The number of nitrogens with two attached hydrogens (primary N) is 1. The highest BCUT2D eigenvalue weighted by molar-refractivity contribution is 5.37. The third kappa shape index (κ3) is 0.992. The summed E-state index contributed by atoms with van der Waals surface area (Å²) in [5, 5.41) is 0. The van der Waals surface area contributed by atoms with Crippen LogP contribution >= 0.6 is 0 Å². The van der Waals surface area contributed by atoms with E-state index in [1.54, 1.807) is 5.56 Å². The van der Waals surface area contributed by atoms with Gasteiger partial charge in [-0.3, -0.25) is 0 Å². The molecule has 0 saturated heterocycles. The minimum atomic E-state index is 0.402. The van der Waals surface area contributed by atoms with E-state index in [-0.39, 0.29) is 0 Å². The summed E-state index contributed by atoms with van der Waals surface area (Å²) in [7, 11) is 0. The lowest BCUT2D eigenvalue weighted by atomic mass is 9.75. The Kier molecular flexibility index (Phi) is 1.72. The van der Waals surface area contributed by atoms with Crippen LogP contribution in [0.2, 0.25) is 0 Å². The summed E-state index contributed by atoms with van der Waals surface area (Å²) in [6.45, 7) is 2.37. The fourth-order valence-corrected chi connectivity index (χ4v) is 3.50. The van der Waals surface area contributed by atoms with Crippen molar-refractivity contribution < 1.29 is 0 Å². The third-order valence-electron chi connectivity index (χ3n) is 4.24. The summed E-state index contributed by atoms with van der Waals surface area (Å²) in [6.07, 6.45) is 2.47. The van der Waals surface area contributed by atoms with Crippen molar-refractivity contribution in [3.8, 4) is 0 Å². The van der Waals surface area contributed by atoms with Crippen molar-refractivity contribution in [2.24, 2.45) is 17.6 Å². The van der Waals surface area contributed by atoms with Crippen LogP contribution in [0.5, 0.6) is 0 Å². The second-order valence-electron chi connectivity index (χ2n) is 4.95. The number of hydrogen-bond acceptors (Lipinski definition) is 1. The SMILES string of the molecule is C[C@H]1[C@H]2Cc3ccccc3[C@H]1[C@H](N)C2. The van der Waals surface area contributed by atoms with Crippen LogP contribution in [0.15, 0.2) is 24.3 Å². The van der Waals surface area contributed by atoms with E-state index >= 15 is 0 Å². The largest absolute Gasteiger partial charge is 0.327 e. The van der Waals surface area contributed by atoms with Gasteiger partial charge in [0.25, 0.3) is 0 Å². The molecule has 0 spiro atoms. The molecule has 1 saturated carbocycles. The normalized spacial score (nSPS) is 39.6. The van der Waals surface area contributed by atoms with Crippen molar-refractivity contribution in [3.05, 3.63) is 35.4 Å². The average molecular weight is 187 g/mol. The molecule has 0 aliphatic heterocycles. The van der Waals surface area contributed by atoms with Gasteiger partial charge in [0, 0.05) is 12.0 Å². The minimum Gasteiger partial charge on any atom is -0.327 e. The Hall–Kier alpha value is -0.820. The summed E-state index contributed by atoms with van der Waals surface area (Å²) >= 11 is 0. The molecule has 1 aromatic rings. The van der Waals surface area contributed by atoms with Crippen LogP contribution in [-0.2, 0) is 6.42 Å². The maximum atomic E-state index is 6.23. The van der Waals surface area contributed by atoms with E-state index in [9.17, 15) is 0 Å². The zero-order valence-corrected chi connectivity index (χ0v) is 8.61. The first kappa shape index (κ1) is 8.49. The van der Waals surface area contributed by atoms with Crippen molar-refractivity contribution >= 4 is 0 Å². The first-order chi connectivity index (χ1) is 6.77. The average Bonchev–Trinajstić information content (AvgIpc) is 2.38. The molecular weight excluding hydrogens is 170 g/mol. The third-order valence-corrected chi connectivity index (χ3v) is 4.24. The van der Waals surface area contributed by atoms with Crippen LogP contribution in [0, 0.1) is 11.8 Å². The van der Waals surface area contributed by atoms with E-state index in [0.717, 1.165) is 11.8 Å². The number of benzene rings is 1. The van der Waals surface area contributed by atoms with Crippen LogP contribution < -0.4 is 5.73 Å². The first-order valence-electron chi connectivity index (χ1n) is 5.61. The Morgan fingerprint density at radius 1 is 1.29 bits per heavy atom. The van der Waals surface area contributed by atoms with Gasteiger partial charge >= 0.3 is 0 Å².